The van der Waals surface area contributed by atoms with E-state index in [1.165, 1.54) is 0 Å². The van der Waals surface area contributed by atoms with E-state index < -0.39 is 10.0 Å². The molecule has 0 amide bonds. The van der Waals surface area contributed by atoms with Crippen LogP contribution in [-0.4, -0.2) is 31.1 Å². The molecule has 2 N–H and O–H groups in total. The Balaban J connectivity index is 2.14. The molecule has 0 radical (unpaired) electrons. The molecule has 0 fully saturated rings. The van der Waals surface area contributed by atoms with E-state index >= 15 is 0 Å². The monoisotopic (exact) mass is 308 g/mol. The van der Waals surface area contributed by atoms with E-state index in [4.69, 9.17) is 0 Å². The summed E-state index contributed by atoms with van der Waals surface area (Å²) in [5.74, 6) is 0. The quantitative estimate of drug-likeness (QED) is 0.799. The van der Waals surface area contributed by atoms with Gasteiger partial charge in [0.25, 0.3) is 0 Å². The van der Waals surface area contributed by atoms with Crippen molar-refractivity contribution in [2.75, 3.05) is 7.05 Å². The van der Waals surface area contributed by atoms with Crippen LogP contribution in [0.2, 0.25) is 0 Å². The molecule has 7 heteroatoms. The fraction of sp³-hybridized carbons (Fsp3) is 0.357. The number of nitrogens with zero attached hydrogens (tertiary/aromatic N) is 2. The highest BCUT2D eigenvalue weighted by molar-refractivity contribution is 7.89. The summed E-state index contributed by atoms with van der Waals surface area (Å²) >= 11 is 0. The van der Waals surface area contributed by atoms with Gasteiger partial charge in [0.2, 0.25) is 10.0 Å². The highest BCUT2D eigenvalue weighted by Gasteiger charge is 2.20. The first kappa shape index (κ1) is 15.7. The van der Waals surface area contributed by atoms with Crippen molar-refractivity contribution < 1.29 is 8.42 Å². The number of nitrogens with one attached hydrogen (secondary N) is 2. The Morgan fingerprint density at radius 2 is 2.10 bits per heavy atom. The summed E-state index contributed by atoms with van der Waals surface area (Å²) < 4.78 is 29.6. The van der Waals surface area contributed by atoms with Gasteiger partial charge in [-0.25, -0.2) is 18.1 Å². The minimum Gasteiger partial charge on any atom is -0.336 e. The third-order valence-electron chi connectivity index (χ3n) is 3.03. The minimum atomic E-state index is -3.54. The first-order valence-electron chi connectivity index (χ1n) is 6.73. The maximum absolute atomic E-state index is 12.5. The highest BCUT2D eigenvalue weighted by atomic mass is 32.2. The van der Waals surface area contributed by atoms with E-state index in [2.05, 4.69) is 15.0 Å². The van der Waals surface area contributed by atoms with Crippen molar-refractivity contribution in [1.82, 2.24) is 19.6 Å². The van der Waals surface area contributed by atoms with E-state index in [1.807, 2.05) is 23.6 Å². The molecule has 1 atom stereocenters. The van der Waals surface area contributed by atoms with Crippen LogP contribution in [0.15, 0.2) is 47.9 Å². The van der Waals surface area contributed by atoms with Gasteiger partial charge in [-0.2, -0.15) is 0 Å². The molecule has 0 spiro atoms. The Kier molecular flexibility index (Phi) is 5.11. The molecule has 0 bridgehead atoms. The van der Waals surface area contributed by atoms with Crippen molar-refractivity contribution in [3.63, 3.8) is 0 Å². The summed E-state index contributed by atoms with van der Waals surface area (Å²) in [6, 6.07) is 6.77. The number of aromatic nitrogens is 2. The molecule has 0 aliphatic heterocycles. The molecule has 1 aromatic heterocycles. The van der Waals surface area contributed by atoms with Gasteiger partial charge >= 0.3 is 0 Å². The van der Waals surface area contributed by atoms with E-state index in [-0.39, 0.29) is 6.04 Å². The van der Waals surface area contributed by atoms with Crippen LogP contribution in [0, 0.1) is 0 Å². The zero-order chi connectivity index (χ0) is 15.3. The Labute approximate surface area is 125 Å². The van der Waals surface area contributed by atoms with E-state index in [1.54, 1.807) is 37.9 Å². The number of benzene rings is 1. The molecule has 0 saturated heterocycles. The summed E-state index contributed by atoms with van der Waals surface area (Å²) in [6.07, 6.45) is 5.14. The summed E-state index contributed by atoms with van der Waals surface area (Å²) in [5, 5.41) is 2.98. The lowest BCUT2D eigenvalue weighted by Gasteiger charge is -2.16. The molecule has 0 aliphatic rings. The molecule has 114 valence electrons. The average Bonchev–Trinajstić information content (AvgIpc) is 2.91. The second kappa shape index (κ2) is 6.84. The van der Waals surface area contributed by atoms with Crippen molar-refractivity contribution in [2.45, 2.75) is 31.0 Å². The standard InChI is InChI=1S/C14H20N4O2S/c1-12(10-18-8-7-16-11-18)17-21(19,20)14-6-4-3-5-13(14)9-15-2/h3-8,11-12,15,17H,9-10H2,1-2H3. The molecule has 0 saturated carbocycles. The first-order valence-corrected chi connectivity index (χ1v) is 8.22. The minimum absolute atomic E-state index is 0.230. The van der Waals surface area contributed by atoms with E-state index in [0.29, 0.717) is 18.0 Å². The third kappa shape index (κ3) is 4.13. The van der Waals surface area contributed by atoms with Gasteiger partial charge in [-0.15, -0.1) is 0 Å². The van der Waals surface area contributed by atoms with Crippen LogP contribution in [0.4, 0.5) is 0 Å². The lowest BCUT2D eigenvalue weighted by atomic mass is 10.2. The normalized spacial score (nSPS) is 13.2. The predicted octanol–water partition coefficient (Wildman–Crippen LogP) is 0.969. The second-order valence-electron chi connectivity index (χ2n) is 4.92. The average molecular weight is 308 g/mol. The number of hydrogen-bond acceptors (Lipinski definition) is 4. The fourth-order valence-electron chi connectivity index (χ4n) is 2.18. The zero-order valence-electron chi connectivity index (χ0n) is 12.2. The Bertz CT molecular complexity index is 668. The third-order valence-corrected chi connectivity index (χ3v) is 4.72. The van der Waals surface area contributed by atoms with E-state index in [9.17, 15) is 8.42 Å². The van der Waals surface area contributed by atoms with Crippen molar-refractivity contribution in [2.24, 2.45) is 0 Å². The van der Waals surface area contributed by atoms with Crippen molar-refractivity contribution in [1.29, 1.82) is 0 Å². The molecule has 21 heavy (non-hydrogen) atoms. The zero-order valence-corrected chi connectivity index (χ0v) is 13.0. The van der Waals surface area contributed by atoms with Crippen LogP contribution in [0.1, 0.15) is 12.5 Å². The van der Waals surface area contributed by atoms with Gasteiger partial charge < -0.3 is 9.88 Å². The Morgan fingerprint density at radius 1 is 1.33 bits per heavy atom. The molecule has 2 rings (SSSR count). The number of imidazole rings is 1. The van der Waals surface area contributed by atoms with Gasteiger partial charge in [0, 0.05) is 31.5 Å². The van der Waals surface area contributed by atoms with E-state index in [0.717, 1.165) is 5.56 Å². The smallest absolute Gasteiger partial charge is 0.241 e. The van der Waals surface area contributed by atoms with Crippen LogP contribution in [0.25, 0.3) is 0 Å². The lowest BCUT2D eigenvalue weighted by Crippen LogP contribution is -2.36. The lowest BCUT2D eigenvalue weighted by molar-refractivity contribution is 0.519. The number of hydrogen-bond donors (Lipinski definition) is 2. The SMILES string of the molecule is CNCc1ccccc1S(=O)(=O)NC(C)Cn1ccnc1. The largest absolute Gasteiger partial charge is 0.336 e. The van der Waals surface area contributed by atoms with Gasteiger partial charge in [0.15, 0.2) is 0 Å². The molecular weight excluding hydrogens is 288 g/mol. The summed E-state index contributed by atoms with van der Waals surface area (Å²) in [6.45, 7) is 2.87. The van der Waals surface area contributed by atoms with Crippen LogP contribution in [0.5, 0.6) is 0 Å². The fourth-order valence-corrected chi connectivity index (χ4v) is 3.65. The molecule has 0 aliphatic carbocycles. The van der Waals surface area contributed by atoms with Gasteiger partial charge in [0.05, 0.1) is 11.2 Å². The van der Waals surface area contributed by atoms with Gasteiger partial charge in [-0.1, -0.05) is 18.2 Å². The Morgan fingerprint density at radius 3 is 2.76 bits per heavy atom. The molecule has 1 heterocycles. The first-order chi connectivity index (χ1) is 10.0. The Hall–Kier alpha value is -1.70. The van der Waals surface area contributed by atoms with Gasteiger partial charge in [-0.3, -0.25) is 0 Å². The van der Waals surface area contributed by atoms with Gasteiger partial charge in [-0.05, 0) is 25.6 Å². The predicted molar refractivity (Wildman–Crippen MR) is 81.2 cm³/mol. The number of rotatable bonds is 7. The van der Waals surface area contributed by atoms with Crippen LogP contribution in [-0.2, 0) is 23.1 Å². The van der Waals surface area contributed by atoms with Crippen LogP contribution in [0.3, 0.4) is 0 Å². The molecule has 1 unspecified atom stereocenters. The summed E-state index contributed by atoms with van der Waals surface area (Å²) in [4.78, 5) is 4.26. The summed E-state index contributed by atoms with van der Waals surface area (Å²) in [5.41, 5.74) is 0.752. The molecular formula is C14H20N4O2S. The summed E-state index contributed by atoms with van der Waals surface area (Å²) in [7, 11) is -1.75. The van der Waals surface area contributed by atoms with Crippen molar-refractivity contribution >= 4 is 10.0 Å². The second-order valence-corrected chi connectivity index (χ2v) is 6.60. The van der Waals surface area contributed by atoms with Crippen molar-refractivity contribution in [3.8, 4) is 0 Å². The highest BCUT2D eigenvalue weighted by Crippen LogP contribution is 2.15. The van der Waals surface area contributed by atoms with Crippen LogP contribution >= 0.6 is 0 Å². The van der Waals surface area contributed by atoms with Crippen LogP contribution < -0.4 is 10.0 Å². The topological polar surface area (TPSA) is 76.0 Å². The molecule has 1 aromatic carbocycles. The van der Waals surface area contributed by atoms with Gasteiger partial charge in [0.1, 0.15) is 0 Å². The molecule has 6 nitrogen and oxygen atoms in total. The molecule has 2 aromatic rings. The maximum atomic E-state index is 12.5. The maximum Gasteiger partial charge on any atom is 0.241 e. The number of sulfonamides is 1. The van der Waals surface area contributed by atoms with Crippen molar-refractivity contribution in [3.05, 3.63) is 48.5 Å².